The number of alkyl halides is 15. The van der Waals surface area contributed by atoms with E-state index in [1.807, 2.05) is 0 Å². The van der Waals surface area contributed by atoms with E-state index in [9.17, 15) is 65.9 Å². The van der Waals surface area contributed by atoms with E-state index in [-0.39, 0.29) is 18.2 Å². The predicted molar refractivity (Wildman–Crippen MR) is 60.8 cm³/mol. The van der Waals surface area contributed by atoms with Crippen LogP contribution in [0, 0.1) is 5.41 Å². The van der Waals surface area contributed by atoms with Gasteiger partial charge in [0.25, 0.3) is 5.41 Å². The van der Waals surface area contributed by atoms with Crippen LogP contribution in [0.15, 0.2) is 24.3 Å². The lowest BCUT2D eigenvalue weighted by Crippen LogP contribution is -2.68. The van der Waals surface area contributed by atoms with Crippen LogP contribution in [0.3, 0.4) is 0 Å². The van der Waals surface area contributed by atoms with Crippen molar-refractivity contribution < 1.29 is 65.9 Å². The molecule has 15 heteroatoms. The van der Waals surface area contributed by atoms with Gasteiger partial charge in [-0.15, -0.1) is 0 Å². The molecule has 0 aliphatic heterocycles. The van der Waals surface area contributed by atoms with Gasteiger partial charge in [0.2, 0.25) is 0 Å². The first kappa shape index (κ1) is 24.2. The molecule has 0 saturated carbocycles. The molecule has 1 atom stereocenters. The Morgan fingerprint density at radius 3 is 1.36 bits per heavy atom. The maximum absolute atomic E-state index is 14.3. The lowest BCUT2D eigenvalue weighted by molar-refractivity contribution is -0.462. The molecule has 0 aliphatic rings. The molecule has 1 rings (SSSR count). The number of halogens is 15. The topological polar surface area (TPSA) is 0 Å². The van der Waals surface area contributed by atoms with E-state index < -0.39 is 59.4 Å². The molecule has 0 bridgehead atoms. The van der Waals surface area contributed by atoms with Crippen molar-refractivity contribution in [2.75, 3.05) is 0 Å². The average Bonchev–Trinajstić information content (AvgIpc) is 2.42. The van der Waals surface area contributed by atoms with Gasteiger partial charge in [0.05, 0.1) is 5.56 Å². The molecule has 1 aromatic carbocycles. The Bertz CT molecular complexity index is 674. The molecule has 0 heterocycles. The molecular formula is C13H5F15. The highest BCUT2D eigenvalue weighted by molar-refractivity contribution is 5.31. The van der Waals surface area contributed by atoms with Gasteiger partial charge in [0.1, 0.15) is 0 Å². The van der Waals surface area contributed by atoms with Crippen LogP contribution in [-0.2, 0) is 6.18 Å². The number of hydrogen-bond acceptors (Lipinski definition) is 0. The van der Waals surface area contributed by atoms with Crippen molar-refractivity contribution in [1.29, 1.82) is 0 Å². The number of hydrogen-bond donors (Lipinski definition) is 0. The summed E-state index contributed by atoms with van der Waals surface area (Å²) in [4.78, 5) is 0. The summed E-state index contributed by atoms with van der Waals surface area (Å²) in [5.41, 5.74) is -11.8. The van der Waals surface area contributed by atoms with Crippen molar-refractivity contribution >= 4 is 0 Å². The Morgan fingerprint density at radius 2 is 1.04 bits per heavy atom. The van der Waals surface area contributed by atoms with Gasteiger partial charge in [0.15, 0.2) is 6.17 Å². The second-order valence-electron chi connectivity index (χ2n) is 5.36. The highest BCUT2D eigenvalue weighted by Gasteiger charge is 2.92. The average molecular weight is 446 g/mol. The predicted octanol–water partition coefficient (Wildman–Crippen LogP) is 7.02. The zero-order valence-corrected chi connectivity index (χ0v) is 12.6. The molecule has 162 valence electrons. The quantitative estimate of drug-likeness (QED) is 0.438. The van der Waals surface area contributed by atoms with Crippen LogP contribution in [-0.4, -0.2) is 24.5 Å². The van der Waals surface area contributed by atoms with E-state index in [1.54, 1.807) is 0 Å². The van der Waals surface area contributed by atoms with Crippen molar-refractivity contribution in [1.82, 2.24) is 0 Å². The second kappa shape index (κ2) is 6.61. The summed E-state index contributed by atoms with van der Waals surface area (Å²) in [7, 11) is 0. The SMILES string of the molecule is FC(c1cccc(C(F)(F)F)c1)C(C(F)(F)F)(C(F)(F)F)C(F)(F)C(F)(F)F. The van der Waals surface area contributed by atoms with Gasteiger partial charge in [-0.1, -0.05) is 12.1 Å². The van der Waals surface area contributed by atoms with Crippen LogP contribution in [0.1, 0.15) is 17.3 Å². The van der Waals surface area contributed by atoms with Crippen molar-refractivity contribution in [3.8, 4) is 0 Å². The van der Waals surface area contributed by atoms with Gasteiger partial charge < -0.3 is 0 Å². The maximum Gasteiger partial charge on any atom is 0.454 e. The summed E-state index contributed by atoms with van der Waals surface area (Å²) in [5.74, 6) is -7.79. The van der Waals surface area contributed by atoms with Gasteiger partial charge in [-0.25, -0.2) is 4.39 Å². The second-order valence-corrected chi connectivity index (χ2v) is 5.36. The maximum atomic E-state index is 14.3. The van der Waals surface area contributed by atoms with E-state index in [1.165, 1.54) is 0 Å². The number of benzene rings is 1. The third-order valence-electron chi connectivity index (χ3n) is 3.63. The minimum atomic E-state index is -7.79. The van der Waals surface area contributed by atoms with Crippen LogP contribution >= 0.6 is 0 Å². The van der Waals surface area contributed by atoms with E-state index in [2.05, 4.69) is 0 Å². The van der Waals surface area contributed by atoms with Gasteiger partial charge in [-0.3, -0.25) is 0 Å². The Labute approximate surface area is 144 Å². The normalized spacial score (nSPS) is 16.2. The van der Waals surface area contributed by atoms with Crippen molar-refractivity contribution in [2.45, 2.75) is 36.8 Å². The summed E-state index contributed by atoms with van der Waals surface area (Å²) >= 11 is 0. The van der Waals surface area contributed by atoms with E-state index in [0.717, 1.165) is 0 Å². The summed E-state index contributed by atoms with van der Waals surface area (Å²) in [6.45, 7) is 0. The van der Waals surface area contributed by atoms with Gasteiger partial charge in [0, 0.05) is 0 Å². The molecule has 1 aromatic rings. The fraction of sp³-hybridized carbons (Fsp3) is 0.538. The molecule has 0 radical (unpaired) electrons. The third kappa shape index (κ3) is 3.58. The van der Waals surface area contributed by atoms with Crippen LogP contribution in [0.5, 0.6) is 0 Å². The lowest BCUT2D eigenvalue weighted by atomic mass is 9.72. The summed E-state index contributed by atoms with van der Waals surface area (Å²) in [5, 5.41) is 0. The van der Waals surface area contributed by atoms with E-state index >= 15 is 0 Å². The van der Waals surface area contributed by atoms with Crippen molar-refractivity contribution in [3.05, 3.63) is 35.4 Å². The molecule has 0 saturated heterocycles. The monoisotopic (exact) mass is 446 g/mol. The fourth-order valence-corrected chi connectivity index (χ4v) is 2.31. The van der Waals surface area contributed by atoms with Gasteiger partial charge in [-0.05, 0) is 17.7 Å². The highest BCUT2D eigenvalue weighted by Crippen LogP contribution is 2.69. The van der Waals surface area contributed by atoms with Crippen molar-refractivity contribution in [3.63, 3.8) is 0 Å². The first-order chi connectivity index (χ1) is 12.1. The largest absolute Gasteiger partial charge is 0.454 e. The van der Waals surface area contributed by atoms with Crippen LogP contribution in [0.4, 0.5) is 65.9 Å². The summed E-state index contributed by atoms with van der Waals surface area (Å²) in [6, 6.07) is -0.850. The molecule has 1 unspecified atom stereocenters. The summed E-state index contributed by atoms with van der Waals surface area (Å²) < 4.78 is 194. The smallest absolute Gasteiger partial charge is 0.241 e. The zero-order valence-electron chi connectivity index (χ0n) is 12.6. The molecule has 0 N–H and O–H groups in total. The third-order valence-corrected chi connectivity index (χ3v) is 3.63. The Hall–Kier alpha value is -1.83. The van der Waals surface area contributed by atoms with Gasteiger partial charge >= 0.3 is 30.6 Å². The molecule has 0 nitrogen and oxygen atoms in total. The van der Waals surface area contributed by atoms with Crippen LogP contribution in [0.2, 0.25) is 0 Å². The molecule has 28 heavy (non-hydrogen) atoms. The van der Waals surface area contributed by atoms with Crippen molar-refractivity contribution in [2.24, 2.45) is 5.41 Å². The Balaban J connectivity index is 3.94. The fourth-order valence-electron chi connectivity index (χ4n) is 2.31. The minimum Gasteiger partial charge on any atom is -0.241 e. The molecule has 0 amide bonds. The van der Waals surface area contributed by atoms with Crippen LogP contribution < -0.4 is 0 Å². The lowest BCUT2D eigenvalue weighted by Gasteiger charge is -2.44. The van der Waals surface area contributed by atoms with Crippen LogP contribution in [0.25, 0.3) is 0 Å². The molecule has 0 aliphatic carbocycles. The standard InChI is InChI=1S/C13H5F15/c14-7(5-2-1-3-6(4-5)9(15,16)17)8(11(20,21)22,12(23,24)25)10(18,19)13(26,27)28/h1-4,7H. The van der Waals surface area contributed by atoms with E-state index in [4.69, 9.17) is 0 Å². The molecule has 0 spiro atoms. The minimum absolute atomic E-state index is 0.0287. The summed E-state index contributed by atoms with van der Waals surface area (Å²) in [6.07, 6.45) is -33.5. The highest BCUT2D eigenvalue weighted by atomic mass is 19.4. The first-order valence-corrected chi connectivity index (χ1v) is 6.51. The molecular weight excluding hydrogens is 441 g/mol. The Morgan fingerprint density at radius 1 is 0.607 bits per heavy atom. The van der Waals surface area contributed by atoms with E-state index in [0.29, 0.717) is 0 Å². The molecule has 0 fully saturated rings. The first-order valence-electron chi connectivity index (χ1n) is 6.51. The number of rotatable bonds is 3. The molecule has 0 aromatic heterocycles. The van der Waals surface area contributed by atoms with Gasteiger partial charge in [-0.2, -0.15) is 61.5 Å². The zero-order chi connectivity index (χ0) is 22.6. The Kier molecular flexibility index (Phi) is 5.71.